The van der Waals surface area contributed by atoms with Crippen LogP contribution >= 0.6 is 12.4 Å². The summed E-state index contributed by atoms with van der Waals surface area (Å²) < 4.78 is 10.7. The molecule has 0 bridgehead atoms. The van der Waals surface area contributed by atoms with Gasteiger partial charge in [-0.1, -0.05) is 18.9 Å². The highest BCUT2D eigenvalue weighted by molar-refractivity contribution is 5.94. The maximum absolute atomic E-state index is 13.0. The first kappa shape index (κ1) is 34.9. The van der Waals surface area contributed by atoms with Gasteiger partial charge in [-0.2, -0.15) is 0 Å². The average molecular weight is 640 g/mol. The molecule has 0 radical (unpaired) electrons. The zero-order valence-corrected chi connectivity index (χ0v) is 28.0. The van der Waals surface area contributed by atoms with Crippen LogP contribution in [0.15, 0.2) is 36.4 Å². The molecule has 3 aliphatic carbocycles. The summed E-state index contributed by atoms with van der Waals surface area (Å²) in [6, 6.07) is 11.5. The van der Waals surface area contributed by atoms with Crippen LogP contribution in [0.2, 0.25) is 0 Å². The number of ether oxygens (including phenoxy) is 2. The highest BCUT2D eigenvalue weighted by Gasteiger charge is 2.48. The van der Waals surface area contributed by atoms with Gasteiger partial charge in [0.05, 0.1) is 19.6 Å². The first-order chi connectivity index (χ1) is 21.2. The molecule has 2 aromatic rings. The van der Waals surface area contributed by atoms with Gasteiger partial charge < -0.3 is 20.1 Å². The molecule has 1 aromatic heterocycles. The van der Waals surface area contributed by atoms with Crippen LogP contribution in [-0.4, -0.2) is 54.2 Å². The van der Waals surface area contributed by atoms with Crippen molar-refractivity contribution >= 4 is 29.9 Å². The Kier molecular flexibility index (Phi) is 11.7. The van der Waals surface area contributed by atoms with E-state index in [4.69, 9.17) is 15.2 Å². The average Bonchev–Trinajstić information content (AvgIpc) is 3.51. The number of hydrogen-bond acceptors (Lipinski definition) is 7. The smallest absolute Gasteiger partial charge is 0.229 e. The molecule has 2 heterocycles. The molecule has 1 aliphatic heterocycles. The largest absolute Gasteiger partial charge is 0.497 e. The third-order valence-electron chi connectivity index (χ3n) is 10.6. The van der Waals surface area contributed by atoms with Crippen LogP contribution in [0.1, 0.15) is 105 Å². The Morgan fingerprint density at radius 1 is 0.978 bits per heavy atom. The van der Waals surface area contributed by atoms with Gasteiger partial charge in [0.15, 0.2) is 5.78 Å². The summed E-state index contributed by atoms with van der Waals surface area (Å²) >= 11 is 0. The summed E-state index contributed by atoms with van der Waals surface area (Å²) in [6.45, 7) is 3.30. The molecule has 8 nitrogen and oxygen atoms in total. The summed E-state index contributed by atoms with van der Waals surface area (Å²) in [5.41, 5.74) is 8.30. The summed E-state index contributed by atoms with van der Waals surface area (Å²) in [7, 11) is 3.28. The lowest BCUT2D eigenvalue weighted by molar-refractivity contribution is -0.138. The highest BCUT2D eigenvalue weighted by Crippen LogP contribution is 2.49. The maximum Gasteiger partial charge on any atom is 0.229 e. The number of carbonyl (C=O) groups excluding carboxylic acids is 3. The van der Waals surface area contributed by atoms with Crippen molar-refractivity contribution in [1.82, 2.24) is 9.88 Å². The van der Waals surface area contributed by atoms with Gasteiger partial charge >= 0.3 is 0 Å². The number of carbonyl (C=O) groups is 3. The molecule has 246 valence electrons. The van der Waals surface area contributed by atoms with Gasteiger partial charge in [-0.3, -0.25) is 19.4 Å². The van der Waals surface area contributed by atoms with E-state index in [1.165, 1.54) is 0 Å². The van der Waals surface area contributed by atoms with Crippen LogP contribution in [0.25, 0.3) is 0 Å². The second kappa shape index (κ2) is 15.1. The highest BCUT2D eigenvalue weighted by atomic mass is 35.5. The Labute approximate surface area is 274 Å². The number of Topliss-reactive ketones (excluding diaryl/α,β-unsaturated/α-hetero) is 2. The number of rotatable bonds is 7. The number of amides is 1. The number of methoxy groups -OCH3 is 2. The van der Waals surface area contributed by atoms with Crippen molar-refractivity contribution in [1.29, 1.82) is 0 Å². The number of halogens is 1. The molecular weight excluding hydrogens is 590 g/mol. The Hall–Kier alpha value is -2.97. The molecule has 9 heteroatoms. The minimum atomic E-state index is -0.211. The molecule has 4 fully saturated rings. The summed E-state index contributed by atoms with van der Waals surface area (Å²) in [4.78, 5) is 43.8. The Morgan fingerprint density at radius 3 is 2.42 bits per heavy atom. The summed E-state index contributed by atoms with van der Waals surface area (Å²) in [6.07, 6.45) is 12.4. The third-order valence-corrected chi connectivity index (χ3v) is 10.6. The molecule has 6 rings (SSSR count). The normalized spacial score (nSPS) is 27.6. The molecule has 1 aromatic carbocycles. The number of aromatic nitrogens is 1. The summed E-state index contributed by atoms with van der Waals surface area (Å²) in [5.74, 6) is 2.73. The first-order valence-electron chi connectivity index (χ1n) is 16.4. The van der Waals surface area contributed by atoms with E-state index in [0.717, 1.165) is 106 Å². The fraction of sp³-hybridized carbons (Fsp3) is 0.611. The van der Waals surface area contributed by atoms with Crippen LogP contribution < -0.4 is 15.2 Å². The molecule has 0 unspecified atom stereocenters. The molecule has 1 amide bonds. The molecule has 1 saturated heterocycles. The van der Waals surface area contributed by atoms with E-state index in [1.54, 1.807) is 20.3 Å². The quantitative estimate of drug-likeness (QED) is 0.338. The van der Waals surface area contributed by atoms with Gasteiger partial charge in [-0.25, -0.2) is 0 Å². The van der Waals surface area contributed by atoms with E-state index >= 15 is 0 Å². The van der Waals surface area contributed by atoms with Crippen molar-refractivity contribution in [3.63, 3.8) is 0 Å². The van der Waals surface area contributed by atoms with Crippen LogP contribution in [-0.2, 0) is 16.1 Å². The lowest BCUT2D eigenvalue weighted by Crippen LogP contribution is -2.42. The summed E-state index contributed by atoms with van der Waals surface area (Å²) in [5, 5.41) is 0. The van der Waals surface area contributed by atoms with Gasteiger partial charge in [0, 0.05) is 54.7 Å². The lowest BCUT2D eigenvalue weighted by Gasteiger charge is -2.36. The number of aryl methyl sites for hydroxylation is 1. The second-order valence-electron chi connectivity index (χ2n) is 13.6. The maximum atomic E-state index is 13.0. The number of ketones is 2. The van der Waals surface area contributed by atoms with E-state index < -0.39 is 0 Å². The van der Waals surface area contributed by atoms with E-state index in [9.17, 15) is 14.4 Å². The van der Waals surface area contributed by atoms with E-state index in [0.29, 0.717) is 30.4 Å². The van der Waals surface area contributed by atoms with Crippen LogP contribution in [0.4, 0.5) is 0 Å². The van der Waals surface area contributed by atoms with Gasteiger partial charge in [0.25, 0.3) is 0 Å². The number of hydrogen-bond donors (Lipinski definition) is 1. The van der Waals surface area contributed by atoms with Gasteiger partial charge in [-0.05, 0) is 94.9 Å². The fourth-order valence-corrected chi connectivity index (χ4v) is 8.26. The molecule has 45 heavy (non-hydrogen) atoms. The van der Waals surface area contributed by atoms with Crippen LogP contribution in [0, 0.1) is 23.7 Å². The number of likely N-dealkylation sites (tertiary alicyclic amines) is 1. The van der Waals surface area contributed by atoms with Crippen molar-refractivity contribution in [2.45, 2.75) is 103 Å². The zero-order valence-electron chi connectivity index (χ0n) is 27.1. The van der Waals surface area contributed by atoms with Crippen LogP contribution in [0.5, 0.6) is 11.5 Å². The monoisotopic (exact) mass is 639 g/mol. The lowest BCUT2D eigenvalue weighted by atomic mass is 9.67. The van der Waals surface area contributed by atoms with E-state index in [-0.39, 0.29) is 41.0 Å². The Bertz CT molecular complexity index is 1370. The molecule has 2 spiro atoms. The molecular formula is C36H50ClN3O5. The van der Waals surface area contributed by atoms with Gasteiger partial charge in [0.1, 0.15) is 23.0 Å². The molecule has 4 atom stereocenters. The van der Waals surface area contributed by atoms with Crippen LogP contribution in [0.3, 0.4) is 0 Å². The number of nitrogens with zero attached hydrogens (tertiary/aromatic N) is 2. The van der Waals surface area contributed by atoms with Crippen molar-refractivity contribution < 1.29 is 23.9 Å². The third kappa shape index (κ3) is 7.89. The molecule has 2 N–H and O–H groups in total. The van der Waals surface area contributed by atoms with Crippen molar-refractivity contribution in [2.75, 3.05) is 20.8 Å². The predicted molar refractivity (Wildman–Crippen MR) is 177 cm³/mol. The topological polar surface area (TPSA) is 112 Å². The van der Waals surface area contributed by atoms with Gasteiger partial charge in [0.2, 0.25) is 5.91 Å². The van der Waals surface area contributed by atoms with E-state index in [2.05, 4.69) is 4.98 Å². The second-order valence-corrected chi connectivity index (χ2v) is 13.6. The number of nitrogens with two attached hydrogens (primary N) is 1. The fourth-order valence-electron chi connectivity index (χ4n) is 8.26. The van der Waals surface area contributed by atoms with Crippen molar-refractivity contribution in [3.8, 4) is 11.5 Å². The molecule has 3 saturated carbocycles. The number of pyridine rings is 1. The van der Waals surface area contributed by atoms with Gasteiger partial charge in [-0.15, -0.1) is 12.4 Å². The van der Waals surface area contributed by atoms with Crippen molar-refractivity contribution in [2.24, 2.45) is 22.5 Å². The van der Waals surface area contributed by atoms with E-state index in [1.807, 2.05) is 42.2 Å². The Balaban J connectivity index is 0.000000201. The SMILES string of the molecule is COc1ccc(CN2CC[C@]3(CCC[C@H](N)C3)C2=O)c(OC)c1.Cc1cccc(C(=O)C[C@H]2CCC[C@]3(CCCC3=O)C2)n1.Cl. The number of benzene rings is 1. The Morgan fingerprint density at radius 2 is 1.73 bits per heavy atom. The minimum absolute atomic E-state index is 0. The predicted octanol–water partition coefficient (Wildman–Crippen LogP) is 6.64. The zero-order chi connectivity index (χ0) is 31.3. The first-order valence-corrected chi connectivity index (χ1v) is 16.4. The molecule has 4 aliphatic rings. The van der Waals surface area contributed by atoms with Crippen molar-refractivity contribution in [3.05, 3.63) is 53.3 Å². The standard InChI is InChI=1S/C18H26N2O3.C18H23NO2.ClH/c1-22-15-6-5-13(16(10-15)23-2)12-20-9-8-18(17(20)21)7-3-4-14(19)11-18;1-13-5-2-7-15(19-13)16(20)11-14-6-3-9-18(12-14)10-4-8-17(18)21;/h5-6,10,14H,3-4,7-9,11-12,19H2,1-2H3;2,5,7,14H,3-4,6,8-12H2,1H3;1H/t14-,18-;14-,18+;/m01./s1. The minimum Gasteiger partial charge on any atom is -0.497 e.